The van der Waals surface area contributed by atoms with Crippen molar-refractivity contribution in [2.75, 3.05) is 6.61 Å². The quantitative estimate of drug-likeness (QED) is 0.754. The van der Waals surface area contributed by atoms with Crippen molar-refractivity contribution in [1.29, 1.82) is 0 Å². The van der Waals surface area contributed by atoms with Crippen molar-refractivity contribution < 1.29 is 9.53 Å². The number of ether oxygens (including phenoxy) is 1. The number of aromatic amines is 1. The highest BCUT2D eigenvalue weighted by molar-refractivity contribution is 5.90. The van der Waals surface area contributed by atoms with E-state index in [1.54, 1.807) is 13.8 Å². The summed E-state index contributed by atoms with van der Waals surface area (Å²) in [7, 11) is 0. The average molecular weight is 210 g/mol. The van der Waals surface area contributed by atoms with Gasteiger partial charge in [0.15, 0.2) is 0 Å². The summed E-state index contributed by atoms with van der Waals surface area (Å²) >= 11 is 0. The summed E-state index contributed by atoms with van der Waals surface area (Å²) < 4.78 is 4.91. The minimum Gasteiger partial charge on any atom is -0.462 e. The Morgan fingerprint density at radius 1 is 1.47 bits per heavy atom. The molecule has 1 heterocycles. The maximum absolute atomic E-state index is 11.5. The smallest absolute Gasteiger partial charge is 0.344 e. The van der Waals surface area contributed by atoms with E-state index >= 15 is 0 Å². The molecular formula is C10H14N2O3. The van der Waals surface area contributed by atoms with Crippen LogP contribution < -0.4 is 5.56 Å². The average Bonchev–Trinajstić information content (AvgIpc) is 2.21. The Balaban J connectivity index is 3.08. The number of H-pyrrole nitrogens is 1. The zero-order chi connectivity index (χ0) is 11.4. The van der Waals surface area contributed by atoms with Crippen LogP contribution in [0.4, 0.5) is 0 Å². The van der Waals surface area contributed by atoms with E-state index in [4.69, 9.17) is 4.74 Å². The Bertz CT molecular complexity index is 423. The maximum Gasteiger partial charge on any atom is 0.344 e. The molecule has 0 radical (unpaired) electrons. The number of hydrogen-bond donors (Lipinski definition) is 1. The number of rotatable bonds is 3. The molecule has 82 valence electrons. The van der Waals surface area contributed by atoms with Crippen LogP contribution in [0.15, 0.2) is 4.79 Å². The molecule has 0 amide bonds. The van der Waals surface area contributed by atoms with Crippen molar-refractivity contribution in [2.24, 2.45) is 0 Å². The van der Waals surface area contributed by atoms with Gasteiger partial charge in [-0.3, -0.25) is 4.79 Å². The molecule has 0 aromatic carbocycles. The molecule has 15 heavy (non-hydrogen) atoms. The number of hydrogen-bond acceptors (Lipinski definition) is 4. The molecule has 1 rings (SSSR count). The molecular weight excluding hydrogens is 196 g/mol. The van der Waals surface area contributed by atoms with Crippen LogP contribution in [-0.2, 0) is 4.74 Å². The van der Waals surface area contributed by atoms with E-state index in [0.717, 1.165) is 6.42 Å². The van der Waals surface area contributed by atoms with Gasteiger partial charge in [-0.15, -0.1) is 0 Å². The molecule has 0 atom stereocenters. The molecule has 5 nitrogen and oxygen atoms in total. The zero-order valence-electron chi connectivity index (χ0n) is 9.09. The fourth-order valence-electron chi connectivity index (χ4n) is 1.14. The summed E-state index contributed by atoms with van der Waals surface area (Å²) in [5.74, 6) is -0.582. The predicted octanol–water partition coefficient (Wildman–Crippen LogP) is 0.954. The third-order valence-corrected chi connectivity index (χ3v) is 2.11. The van der Waals surface area contributed by atoms with Crippen LogP contribution in [-0.4, -0.2) is 22.8 Å². The molecule has 0 unspecified atom stereocenters. The number of carbonyl (C=O) groups is 1. The Morgan fingerprint density at radius 2 is 2.13 bits per heavy atom. The van der Waals surface area contributed by atoms with E-state index in [2.05, 4.69) is 10.2 Å². The second-order valence-corrected chi connectivity index (χ2v) is 3.27. The van der Waals surface area contributed by atoms with Gasteiger partial charge in [0.05, 0.1) is 12.3 Å². The first kappa shape index (κ1) is 11.4. The zero-order valence-corrected chi connectivity index (χ0v) is 9.09. The molecule has 0 saturated carbocycles. The predicted molar refractivity (Wildman–Crippen MR) is 54.9 cm³/mol. The standard InChI is InChI=1S/C10H14N2O3/c1-4-5-15-10(14)8-6(2)7(3)11-12-9(8)13/h4-5H2,1-3H3,(H,12,13). The monoisotopic (exact) mass is 210 g/mol. The number of aromatic nitrogens is 2. The Morgan fingerprint density at radius 3 is 2.73 bits per heavy atom. The summed E-state index contributed by atoms with van der Waals surface area (Å²) in [5.41, 5.74) is 0.744. The summed E-state index contributed by atoms with van der Waals surface area (Å²) in [5, 5.41) is 6.02. The van der Waals surface area contributed by atoms with Crippen molar-refractivity contribution in [1.82, 2.24) is 10.2 Å². The van der Waals surface area contributed by atoms with Crippen LogP contribution in [0.2, 0.25) is 0 Å². The minimum atomic E-state index is -0.582. The van der Waals surface area contributed by atoms with Crippen molar-refractivity contribution in [3.05, 3.63) is 27.2 Å². The fraction of sp³-hybridized carbons (Fsp3) is 0.500. The van der Waals surface area contributed by atoms with Crippen molar-refractivity contribution in [3.8, 4) is 0 Å². The van der Waals surface area contributed by atoms with Gasteiger partial charge in [-0.25, -0.2) is 9.89 Å². The van der Waals surface area contributed by atoms with Gasteiger partial charge >= 0.3 is 5.97 Å². The van der Waals surface area contributed by atoms with Crippen LogP contribution in [0, 0.1) is 13.8 Å². The summed E-state index contributed by atoms with van der Waals surface area (Å²) in [4.78, 5) is 22.9. The van der Waals surface area contributed by atoms with Gasteiger partial charge in [0.2, 0.25) is 0 Å². The molecule has 0 saturated heterocycles. The fourth-order valence-corrected chi connectivity index (χ4v) is 1.14. The van der Waals surface area contributed by atoms with E-state index < -0.39 is 11.5 Å². The molecule has 0 aliphatic carbocycles. The van der Waals surface area contributed by atoms with Crippen molar-refractivity contribution in [3.63, 3.8) is 0 Å². The lowest BCUT2D eigenvalue weighted by molar-refractivity contribution is 0.0501. The minimum absolute atomic E-state index is 0.0518. The number of aryl methyl sites for hydroxylation is 1. The molecule has 0 spiro atoms. The number of esters is 1. The Labute approximate surface area is 87.5 Å². The lowest BCUT2D eigenvalue weighted by Gasteiger charge is -2.06. The third-order valence-electron chi connectivity index (χ3n) is 2.11. The van der Waals surface area contributed by atoms with E-state index in [0.29, 0.717) is 17.9 Å². The van der Waals surface area contributed by atoms with E-state index in [-0.39, 0.29) is 5.56 Å². The van der Waals surface area contributed by atoms with Gasteiger partial charge in [-0.2, -0.15) is 5.10 Å². The van der Waals surface area contributed by atoms with Crippen LogP contribution >= 0.6 is 0 Å². The second kappa shape index (κ2) is 4.72. The summed E-state index contributed by atoms with van der Waals surface area (Å²) in [6, 6.07) is 0. The van der Waals surface area contributed by atoms with E-state index in [1.807, 2.05) is 6.92 Å². The first-order valence-corrected chi connectivity index (χ1v) is 4.81. The Kier molecular flexibility index (Phi) is 3.60. The lowest BCUT2D eigenvalue weighted by Crippen LogP contribution is -2.23. The van der Waals surface area contributed by atoms with Gasteiger partial charge < -0.3 is 4.74 Å². The third kappa shape index (κ3) is 2.43. The number of nitrogens with one attached hydrogen (secondary N) is 1. The van der Waals surface area contributed by atoms with Gasteiger partial charge in [0, 0.05) is 0 Å². The lowest BCUT2D eigenvalue weighted by atomic mass is 10.1. The molecule has 0 fully saturated rings. The van der Waals surface area contributed by atoms with Crippen LogP contribution in [0.3, 0.4) is 0 Å². The Hall–Kier alpha value is -1.65. The van der Waals surface area contributed by atoms with Gasteiger partial charge in [0.25, 0.3) is 5.56 Å². The molecule has 0 aliphatic rings. The molecule has 5 heteroatoms. The van der Waals surface area contributed by atoms with Gasteiger partial charge in [-0.05, 0) is 25.8 Å². The van der Waals surface area contributed by atoms with Crippen LogP contribution in [0.5, 0.6) is 0 Å². The number of carbonyl (C=O) groups excluding carboxylic acids is 1. The van der Waals surface area contributed by atoms with Crippen molar-refractivity contribution in [2.45, 2.75) is 27.2 Å². The molecule has 0 bridgehead atoms. The molecule has 1 aromatic heterocycles. The van der Waals surface area contributed by atoms with Crippen LogP contribution in [0.25, 0.3) is 0 Å². The second-order valence-electron chi connectivity index (χ2n) is 3.27. The highest BCUT2D eigenvalue weighted by Gasteiger charge is 2.16. The van der Waals surface area contributed by atoms with E-state index in [1.165, 1.54) is 0 Å². The van der Waals surface area contributed by atoms with Gasteiger partial charge in [0.1, 0.15) is 5.56 Å². The molecule has 1 aromatic rings. The SMILES string of the molecule is CCCOC(=O)c1c(C)c(C)n[nH]c1=O. The van der Waals surface area contributed by atoms with E-state index in [9.17, 15) is 9.59 Å². The summed E-state index contributed by atoms with van der Waals surface area (Å²) in [6.45, 7) is 5.61. The topological polar surface area (TPSA) is 72.0 Å². The molecule has 1 N–H and O–H groups in total. The van der Waals surface area contributed by atoms with Crippen LogP contribution in [0.1, 0.15) is 35.0 Å². The largest absolute Gasteiger partial charge is 0.462 e. The highest BCUT2D eigenvalue weighted by Crippen LogP contribution is 2.06. The number of nitrogens with zero attached hydrogens (tertiary/aromatic N) is 1. The summed E-state index contributed by atoms with van der Waals surface area (Å²) in [6.07, 6.45) is 0.729. The first-order valence-electron chi connectivity index (χ1n) is 4.81. The highest BCUT2D eigenvalue weighted by atomic mass is 16.5. The van der Waals surface area contributed by atoms with Gasteiger partial charge in [-0.1, -0.05) is 6.92 Å². The molecule has 0 aliphatic heterocycles. The normalized spacial score (nSPS) is 10.1. The first-order chi connectivity index (χ1) is 7.07. The van der Waals surface area contributed by atoms with Crippen molar-refractivity contribution >= 4 is 5.97 Å². The maximum atomic E-state index is 11.5.